The molecule has 0 bridgehead atoms. The zero-order valence-corrected chi connectivity index (χ0v) is 11.2. The molecular weight excluding hydrogens is 226 g/mol. The highest BCUT2D eigenvalue weighted by atomic mass is 16.2. The molecule has 0 aromatic heterocycles. The summed E-state index contributed by atoms with van der Waals surface area (Å²) in [5.74, 6) is 0.358. The summed E-state index contributed by atoms with van der Waals surface area (Å²) in [6, 6.07) is 0.744. The first-order valence-corrected chi connectivity index (χ1v) is 7.61. The Hall–Kier alpha value is -0.610. The Balaban J connectivity index is 1.57. The molecule has 0 aromatic rings. The van der Waals surface area contributed by atoms with E-state index in [0.29, 0.717) is 11.9 Å². The van der Waals surface area contributed by atoms with Gasteiger partial charge in [-0.25, -0.2) is 0 Å². The van der Waals surface area contributed by atoms with Gasteiger partial charge in [-0.05, 0) is 58.2 Å². The van der Waals surface area contributed by atoms with Gasteiger partial charge in [0, 0.05) is 19.1 Å². The van der Waals surface area contributed by atoms with Gasteiger partial charge in [0.1, 0.15) is 0 Å². The summed E-state index contributed by atoms with van der Waals surface area (Å²) in [5.41, 5.74) is 0. The van der Waals surface area contributed by atoms with E-state index in [1.807, 2.05) is 0 Å². The van der Waals surface area contributed by atoms with Crippen molar-refractivity contribution in [1.82, 2.24) is 15.1 Å². The van der Waals surface area contributed by atoms with E-state index in [2.05, 4.69) is 15.1 Å². The minimum Gasteiger partial charge on any atom is -0.340 e. The predicted molar refractivity (Wildman–Crippen MR) is 71.4 cm³/mol. The highest BCUT2D eigenvalue weighted by Gasteiger charge is 2.32. The average molecular weight is 251 g/mol. The lowest BCUT2D eigenvalue weighted by molar-refractivity contribution is -0.135. The standard InChI is InChI=1S/C14H25N3O/c18-14(13-6-3-7-15-13)17-10-4-5-12(11-17)16-8-1-2-9-16/h12-13,15H,1-11H2/t12?,13-/m1/s1. The molecular formula is C14H25N3O. The first-order valence-electron chi connectivity index (χ1n) is 7.61. The van der Waals surface area contributed by atoms with Crippen LogP contribution in [0.5, 0.6) is 0 Å². The molecule has 0 saturated carbocycles. The van der Waals surface area contributed by atoms with Crippen molar-refractivity contribution >= 4 is 5.91 Å². The lowest BCUT2D eigenvalue weighted by atomic mass is 10.0. The van der Waals surface area contributed by atoms with E-state index in [-0.39, 0.29) is 6.04 Å². The van der Waals surface area contributed by atoms with Gasteiger partial charge in [0.25, 0.3) is 0 Å². The maximum atomic E-state index is 12.4. The van der Waals surface area contributed by atoms with Crippen LogP contribution in [0.25, 0.3) is 0 Å². The van der Waals surface area contributed by atoms with E-state index in [1.54, 1.807) is 0 Å². The van der Waals surface area contributed by atoms with Crippen molar-refractivity contribution in [3.63, 3.8) is 0 Å². The van der Waals surface area contributed by atoms with Gasteiger partial charge < -0.3 is 10.2 Å². The van der Waals surface area contributed by atoms with Crippen molar-refractivity contribution in [1.29, 1.82) is 0 Å². The number of piperidine rings is 1. The molecule has 1 N–H and O–H groups in total. The Morgan fingerprint density at radius 3 is 2.56 bits per heavy atom. The maximum absolute atomic E-state index is 12.4. The summed E-state index contributed by atoms with van der Waals surface area (Å²) in [4.78, 5) is 17.1. The van der Waals surface area contributed by atoms with Crippen molar-refractivity contribution in [2.24, 2.45) is 0 Å². The van der Waals surface area contributed by atoms with Crippen LogP contribution >= 0.6 is 0 Å². The zero-order chi connectivity index (χ0) is 12.4. The molecule has 0 aromatic carbocycles. The number of hydrogen-bond acceptors (Lipinski definition) is 3. The molecule has 3 aliphatic heterocycles. The van der Waals surface area contributed by atoms with E-state index in [0.717, 1.165) is 32.5 Å². The number of carbonyl (C=O) groups excluding carboxylic acids is 1. The second kappa shape index (κ2) is 5.57. The highest BCUT2D eigenvalue weighted by Crippen LogP contribution is 2.21. The molecule has 0 spiro atoms. The van der Waals surface area contributed by atoms with Gasteiger partial charge in [-0.3, -0.25) is 9.69 Å². The molecule has 3 heterocycles. The van der Waals surface area contributed by atoms with Gasteiger partial charge in [0.05, 0.1) is 6.04 Å². The Bertz CT molecular complexity index is 295. The van der Waals surface area contributed by atoms with Gasteiger partial charge in [0.2, 0.25) is 5.91 Å². The van der Waals surface area contributed by atoms with E-state index < -0.39 is 0 Å². The fourth-order valence-electron chi connectivity index (χ4n) is 3.68. The van der Waals surface area contributed by atoms with Crippen molar-refractivity contribution in [2.45, 2.75) is 50.6 Å². The molecule has 102 valence electrons. The van der Waals surface area contributed by atoms with Crippen molar-refractivity contribution in [3.8, 4) is 0 Å². The number of carbonyl (C=O) groups is 1. The SMILES string of the molecule is O=C([C@H]1CCCN1)N1CCCC(N2CCCC2)C1. The van der Waals surface area contributed by atoms with Crippen molar-refractivity contribution in [3.05, 3.63) is 0 Å². The van der Waals surface area contributed by atoms with Gasteiger partial charge in [-0.1, -0.05) is 0 Å². The summed E-state index contributed by atoms with van der Waals surface area (Å²) in [7, 11) is 0. The van der Waals surface area contributed by atoms with E-state index in [9.17, 15) is 4.79 Å². The minimum atomic E-state index is 0.113. The molecule has 3 fully saturated rings. The third-order valence-corrected chi connectivity index (χ3v) is 4.72. The molecule has 3 saturated heterocycles. The van der Waals surface area contributed by atoms with Crippen LogP contribution < -0.4 is 5.32 Å². The summed E-state index contributed by atoms with van der Waals surface area (Å²) in [6.45, 7) is 5.45. The van der Waals surface area contributed by atoms with Gasteiger partial charge in [-0.2, -0.15) is 0 Å². The maximum Gasteiger partial charge on any atom is 0.239 e. The van der Waals surface area contributed by atoms with Crippen LogP contribution in [0.15, 0.2) is 0 Å². The second-order valence-electron chi connectivity index (χ2n) is 5.97. The summed E-state index contributed by atoms with van der Waals surface area (Å²) in [5, 5.41) is 3.33. The average Bonchev–Trinajstić information content (AvgIpc) is 3.11. The Kier molecular flexibility index (Phi) is 3.85. The van der Waals surface area contributed by atoms with Crippen LogP contribution in [0, 0.1) is 0 Å². The fraction of sp³-hybridized carbons (Fsp3) is 0.929. The largest absolute Gasteiger partial charge is 0.340 e. The van der Waals surface area contributed by atoms with Crippen LogP contribution in [0.2, 0.25) is 0 Å². The number of nitrogens with one attached hydrogen (secondary N) is 1. The third kappa shape index (κ3) is 2.54. The van der Waals surface area contributed by atoms with E-state index in [4.69, 9.17) is 0 Å². The molecule has 1 unspecified atom stereocenters. The van der Waals surface area contributed by atoms with Crippen LogP contribution in [-0.4, -0.2) is 60.5 Å². The lowest BCUT2D eigenvalue weighted by Crippen LogP contribution is -2.52. The Morgan fingerprint density at radius 2 is 1.83 bits per heavy atom. The smallest absolute Gasteiger partial charge is 0.239 e. The van der Waals surface area contributed by atoms with Crippen molar-refractivity contribution < 1.29 is 4.79 Å². The monoisotopic (exact) mass is 251 g/mol. The second-order valence-corrected chi connectivity index (χ2v) is 5.97. The number of amides is 1. The molecule has 3 aliphatic rings. The predicted octanol–water partition coefficient (Wildman–Crippen LogP) is 0.825. The quantitative estimate of drug-likeness (QED) is 0.789. The van der Waals surface area contributed by atoms with Gasteiger partial charge in [0.15, 0.2) is 0 Å². The number of likely N-dealkylation sites (tertiary alicyclic amines) is 2. The van der Waals surface area contributed by atoms with E-state index >= 15 is 0 Å². The van der Waals surface area contributed by atoms with Crippen LogP contribution in [0.1, 0.15) is 38.5 Å². The third-order valence-electron chi connectivity index (χ3n) is 4.72. The number of rotatable bonds is 2. The number of nitrogens with zero attached hydrogens (tertiary/aromatic N) is 2. The summed E-state index contributed by atoms with van der Waals surface area (Å²) in [6.07, 6.45) is 7.33. The van der Waals surface area contributed by atoms with Gasteiger partial charge >= 0.3 is 0 Å². The number of hydrogen-bond donors (Lipinski definition) is 1. The first-order chi connectivity index (χ1) is 8.84. The zero-order valence-electron chi connectivity index (χ0n) is 11.2. The Morgan fingerprint density at radius 1 is 1.00 bits per heavy atom. The summed E-state index contributed by atoms with van der Waals surface area (Å²) >= 11 is 0. The molecule has 0 aliphatic carbocycles. The molecule has 0 radical (unpaired) electrons. The molecule has 18 heavy (non-hydrogen) atoms. The lowest BCUT2D eigenvalue weighted by Gasteiger charge is -2.38. The van der Waals surface area contributed by atoms with Crippen LogP contribution in [0.4, 0.5) is 0 Å². The van der Waals surface area contributed by atoms with E-state index in [1.165, 1.54) is 38.8 Å². The molecule has 4 heteroatoms. The Labute approximate surface area is 110 Å². The summed E-state index contributed by atoms with van der Waals surface area (Å²) < 4.78 is 0. The first kappa shape index (κ1) is 12.4. The van der Waals surface area contributed by atoms with Crippen LogP contribution in [0.3, 0.4) is 0 Å². The van der Waals surface area contributed by atoms with Gasteiger partial charge in [-0.15, -0.1) is 0 Å². The molecule has 1 amide bonds. The fourth-order valence-corrected chi connectivity index (χ4v) is 3.68. The molecule has 3 rings (SSSR count). The normalized spacial score (nSPS) is 34.1. The minimum absolute atomic E-state index is 0.113. The topological polar surface area (TPSA) is 35.6 Å². The molecule has 2 atom stereocenters. The van der Waals surface area contributed by atoms with Crippen molar-refractivity contribution in [2.75, 3.05) is 32.7 Å². The van der Waals surface area contributed by atoms with Crippen LogP contribution in [-0.2, 0) is 4.79 Å². The molecule has 4 nitrogen and oxygen atoms in total. The highest BCUT2D eigenvalue weighted by molar-refractivity contribution is 5.82.